The van der Waals surface area contributed by atoms with Crippen LogP contribution in [-0.4, -0.2) is 50.7 Å². The molecule has 0 aromatic rings. The molecule has 4 heteroatoms. The van der Waals surface area contributed by atoms with Crippen LogP contribution in [0.2, 0.25) is 0 Å². The molecule has 1 fully saturated rings. The van der Waals surface area contributed by atoms with Gasteiger partial charge in [-0.2, -0.15) is 0 Å². The Hall–Kier alpha value is -0.160. The molecule has 0 aromatic heterocycles. The van der Waals surface area contributed by atoms with Crippen LogP contribution >= 0.6 is 0 Å². The standard InChI is InChI=1S/C13H27NO3/c1-5-14-11-9-12(13(11)15-6-2)17-8-7-16-10(3)4/h10-14H,5-9H2,1-4H3. The van der Waals surface area contributed by atoms with Crippen LogP contribution in [0.3, 0.4) is 0 Å². The van der Waals surface area contributed by atoms with Crippen molar-refractivity contribution in [2.45, 2.75) is 58.5 Å². The lowest BCUT2D eigenvalue weighted by atomic mass is 9.85. The minimum Gasteiger partial charge on any atom is -0.376 e. The topological polar surface area (TPSA) is 39.7 Å². The second-order valence-electron chi connectivity index (χ2n) is 4.65. The molecule has 1 rings (SSSR count). The normalized spacial score (nSPS) is 28.4. The van der Waals surface area contributed by atoms with Crippen molar-refractivity contribution in [3.05, 3.63) is 0 Å². The van der Waals surface area contributed by atoms with Gasteiger partial charge in [0, 0.05) is 12.6 Å². The van der Waals surface area contributed by atoms with E-state index >= 15 is 0 Å². The number of likely N-dealkylation sites (N-methyl/N-ethyl adjacent to an activating group) is 1. The Bertz CT molecular complexity index is 199. The van der Waals surface area contributed by atoms with Gasteiger partial charge < -0.3 is 19.5 Å². The highest BCUT2D eigenvalue weighted by molar-refractivity contribution is 4.97. The first-order valence-electron chi connectivity index (χ1n) is 6.77. The van der Waals surface area contributed by atoms with Crippen molar-refractivity contribution in [3.8, 4) is 0 Å². The van der Waals surface area contributed by atoms with Crippen LogP contribution in [0.5, 0.6) is 0 Å². The lowest BCUT2D eigenvalue weighted by molar-refractivity contribution is -0.152. The van der Waals surface area contributed by atoms with Gasteiger partial charge in [-0.25, -0.2) is 0 Å². The molecule has 0 spiro atoms. The first-order valence-corrected chi connectivity index (χ1v) is 6.77. The summed E-state index contributed by atoms with van der Waals surface area (Å²) in [6.45, 7) is 11.3. The van der Waals surface area contributed by atoms with Crippen LogP contribution in [-0.2, 0) is 14.2 Å². The van der Waals surface area contributed by atoms with E-state index in [1.165, 1.54) is 0 Å². The van der Waals surface area contributed by atoms with E-state index < -0.39 is 0 Å². The molecule has 0 radical (unpaired) electrons. The fourth-order valence-corrected chi connectivity index (χ4v) is 2.11. The summed E-state index contributed by atoms with van der Waals surface area (Å²) in [6, 6.07) is 0.455. The molecule has 4 nitrogen and oxygen atoms in total. The first kappa shape index (κ1) is 14.9. The lowest BCUT2D eigenvalue weighted by Gasteiger charge is -2.44. The average Bonchev–Trinajstić information content (AvgIpc) is 2.28. The van der Waals surface area contributed by atoms with Gasteiger partial charge in [-0.15, -0.1) is 0 Å². The number of nitrogens with one attached hydrogen (secondary N) is 1. The third-order valence-corrected chi connectivity index (χ3v) is 2.94. The van der Waals surface area contributed by atoms with Crippen LogP contribution in [0.25, 0.3) is 0 Å². The van der Waals surface area contributed by atoms with Crippen molar-refractivity contribution >= 4 is 0 Å². The molecule has 1 N–H and O–H groups in total. The minimum atomic E-state index is 0.207. The SMILES string of the molecule is CCNC1CC(OCCOC(C)C)C1OCC. The fraction of sp³-hybridized carbons (Fsp3) is 1.00. The summed E-state index contributed by atoms with van der Waals surface area (Å²) >= 11 is 0. The molecule has 0 saturated heterocycles. The Labute approximate surface area is 105 Å². The number of rotatable bonds is 9. The molecule has 1 aliphatic carbocycles. The zero-order chi connectivity index (χ0) is 12.7. The number of hydrogen-bond donors (Lipinski definition) is 1. The molecule has 1 aliphatic rings. The molecule has 0 heterocycles. The van der Waals surface area contributed by atoms with Crippen molar-refractivity contribution in [3.63, 3.8) is 0 Å². The molecule has 3 atom stereocenters. The highest BCUT2D eigenvalue weighted by atomic mass is 16.6. The van der Waals surface area contributed by atoms with Crippen LogP contribution in [0, 0.1) is 0 Å². The van der Waals surface area contributed by atoms with Gasteiger partial charge >= 0.3 is 0 Å². The second kappa shape index (κ2) is 8.03. The Kier molecular flexibility index (Phi) is 7.04. The highest BCUT2D eigenvalue weighted by Crippen LogP contribution is 2.27. The van der Waals surface area contributed by atoms with Crippen molar-refractivity contribution in [2.24, 2.45) is 0 Å². The van der Waals surface area contributed by atoms with E-state index in [-0.39, 0.29) is 18.3 Å². The van der Waals surface area contributed by atoms with E-state index in [1.807, 2.05) is 20.8 Å². The predicted octanol–water partition coefficient (Wildman–Crippen LogP) is 1.58. The summed E-state index contributed by atoms with van der Waals surface area (Å²) in [4.78, 5) is 0. The first-order chi connectivity index (χ1) is 8.19. The molecule has 0 amide bonds. The maximum Gasteiger partial charge on any atom is 0.0990 e. The summed E-state index contributed by atoms with van der Waals surface area (Å²) in [6.07, 6.45) is 1.76. The number of hydrogen-bond acceptors (Lipinski definition) is 4. The summed E-state index contributed by atoms with van der Waals surface area (Å²) < 4.78 is 16.9. The molecule has 3 unspecified atom stereocenters. The van der Waals surface area contributed by atoms with Crippen molar-refractivity contribution in [1.29, 1.82) is 0 Å². The third kappa shape index (κ3) is 4.92. The number of ether oxygens (including phenoxy) is 3. The molecule has 0 bridgehead atoms. The van der Waals surface area contributed by atoms with Crippen LogP contribution in [0.4, 0.5) is 0 Å². The Morgan fingerprint density at radius 2 is 1.94 bits per heavy atom. The van der Waals surface area contributed by atoms with Gasteiger partial charge in [-0.1, -0.05) is 6.92 Å². The van der Waals surface area contributed by atoms with Gasteiger partial charge in [0.25, 0.3) is 0 Å². The fourth-order valence-electron chi connectivity index (χ4n) is 2.11. The molecular weight excluding hydrogens is 218 g/mol. The molecule has 1 saturated carbocycles. The van der Waals surface area contributed by atoms with Gasteiger partial charge in [0.05, 0.1) is 31.5 Å². The van der Waals surface area contributed by atoms with E-state index in [4.69, 9.17) is 14.2 Å². The highest BCUT2D eigenvalue weighted by Gasteiger charge is 2.41. The largest absolute Gasteiger partial charge is 0.376 e. The monoisotopic (exact) mass is 245 g/mol. The predicted molar refractivity (Wildman–Crippen MR) is 68.3 cm³/mol. The summed E-state index contributed by atoms with van der Waals surface area (Å²) in [5.41, 5.74) is 0. The van der Waals surface area contributed by atoms with E-state index in [0.717, 1.165) is 19.6 Å². The van der Waals surface area contributed by atoms with Crippen LogP contribution in [0.1, 0.15) is 34.1 Å². The maximum atomic E-state index is 5.78. The molecule has 0 aromatic carbocycles. The van der Waals surface area contributed by atoms with Crippen molar-refractivity contribution in [2.75, 3.05) is 26.4 Å². The molecule has 17 heavy (non-hydrogen) atoms. The Morgan fingerprint density at radius 1 is 1.18 bits per heavy atom. The smallest absolute Gasteiger partial charge is 0.0990 e. The minimum absolute atomic E-state index is 0.207. The van der Waals surface area contributed by atoms with Gasteiger partial charge in [-0.05, 0) is 33.7 Å². The van der Waals surface area contributed by atoms with Gasteiger partial charge in [0.2, 0.25) is 0 Å². The summed E-state index contributed by atoms with van der Waals surface area (Å²) in [5, 5.41) is 3.42. The van der Waals surface area contributed by atoms with E-state index in [1.54, 1.807) is 0 Å². The Morgan fingerprint density at radius 3 is 2.53 bits per heavy atom. The molecule has 102 valence electrons. The summed E-state index contributed by atoms with van der Waals surface area (Å²) in [5.74, 6) is 0. The van der Waals surface area contributed by atoms with Gasteiger partial charge in [0.1, 0.15) is 0 Å². The van der Waals surface area contributed by atoms with Gasteiger partial charge in [0.15, 0.2) is 0 Å². The zero-order valence-corrected chi connectivity index (χ0v) is 11.6. The quantitative estimate of drug-likeness (QED) is 0.626. The second-order valence-corrected chi connectivity index (χ2v) is 4.65. The van der Waals surface area contributed by atoms with Crippen LogP contribution in [0.15, 0.2) is 0 Å². The maximum absolute atomic E-state index is 5.78. The summed E-state index contributed by atoms with van der Waals surface area (Å²) in [7, 11) is 0. The zero-order valence-electron chi connectivity index (χ0n) is 11.6. The van der Waals surface area contributed by atoms with E-state index in [0.29, 0.717) is 19.3 Å². The van der Waals surface area contributed by atoms with E-state index in [2.05, 4.69) is 12.2 Å². The Balaban J connectivity index is 2.16. The van der Waals surface area contributed by atoms with Crippen molar-refractivity contribution < 1.29 is 14.2 Å². The van der Waals surface area contributed by atoms with Gasteiger partial charge in [-0.3, -0.25) is 0 Å². The molecule has 0 aliphatic heterocycles. The lowest BCUT2D eigenvalue weighted by Crippen LogP contribution is -2.60. The van der Waals surface area contributed by atoms with E-state index in [9.17, 15) is 0 Å². The van der Waals surface area contributed by atoms with Crippen molar-refractivity contribution in [1.82, 2.24) is 5.32 Å². The third-order valence-electron chi connectivity index (χ3n) is 2.94. The average molecular weight is 245 g/mol. The van der Waals surface area contributed by atoms with Crippen LogP contribution < -0.4 is 5.32 Å². The molecular formula is C13H27NO3.